The summed E-state index contributed by atoms with van der Waals surface area (Å²) in [6.45, 7) is 1.01. The number of hydrogen-bond donors (Lipinski definition) is 1. The van der Waals surface area contributed by atoms with E-state index in [9.17, 15) is 0 Å². The summed E-state index contributed by atoms with van der Waals surface area (Å²) < 4.78 is 0. The van der Waals surface area contributed by atoms with Gasteiger partial charge >= 0.3 is 0 Å². The van der Waals surface area contributed by atoms with E-state index in [1.165, 1.54) is 50.1 Å². The monoisotopic (exact) mass is 541 g/mol. The Morgan fingerprint density at radius 3 is 1.07 bits per heavy atom. The first-order valence-electron chi connectivity index (χ1n) is 15.1. The van der Waals surface area contributed by atoms with Crippen LogP contribution in [0.4, 0.5) is 0 Å². The highest BCUT2D eigenvalue weighted by atomic mass is 15.0. The van der Waals surface area contributed by atoms with Gasteiger partial charge in [-0.2, -0.15) is 0 Å². The van der Waals surface area contributed by atoms with Crippen molar-refractivity contribution in [3.63, 3.8) is 0 Å². The molecule has 42 heavy (non-hydrogen) atoms. The maximum Gasteiger partial charge on any atom is 0.0622 e. The van der Waals surface area contributed by atoms with Gasteiger partial charge in [-0.25, -0.2) is 0 Å². The minimum absolute atomic E-state index is 0.206. The zero-order valence-corrected chi connectivity index (χ0v) is 23.8. The van der Waals surface area contributed by atoms with Crippen LogP contribution in [0.2, 0.25) is 0 Å². The second-order valence-corrected chi connectivity index (χ2v) is 11.2. The first-order chi connectivity index (χ1) is 20.9. The Morgan fingerprint density at radius 1 is 0.405 bits per heavy atom. The molecule has 0 saturated carbocycles. The van der Waals surface area contributed by atoms with Gasteiger partial charge in [-0.3, -0.25) is 0 Å². The SMILES string of the molecule is c1ccc(-c2ccccc2C(c2ccccc2-c2ccccc2)(c2ccccc2-c2ccccc2)C2CCCN2)cc1. The summed E-state index contributed by atoms with van der Waals surface area (Å²) in [6, 6.07) is 60.2. The van der Waals surface area contributed by atoms with Gasteiger partial charge in [0.05, 0.1) is 5.41 Å². The van der Waals surface area contributed by atoms with Crippen molar-refractivity contribution in [2.24, 2.45) is 0 Å². The third kappa shape index (κ3) is 4.57. The lowest BCUT2D eigenvalue weighted by molar-refractivity contribution is 0.438. The highest BCUT2D eigenvalue weighted by molar-refractivity contribution is 5.81. The molecule has 1 aliphatic rings. The number of hydrogen-bond acceptors (Lipinski definition) is 1. The zero-order valence-electron chi connectivity index (χ0n) is 23.8. The van der Waals surface area contributed by atoms with Gasteiger partial charge in [-0.15, -0.1) is 0 Å². The molecule has 1 heterocycles. The van der Waals surface area contributed by atoms with Crippen molar-refractivity contribution in [1.82, 2.24) is 5.32 Å². The largest absolute Gasteiger partial charge is 0.312 e. The molecule has 0 bridgehead atoms. The zero-order chi connectivity index (χ0) is 28.2. The molecule has 1 heteroatoms. The molecule has 0 aromatic heterocycles. The molecule has 1 fully saturated rings. The summed E-state index contributed by atoms with van der Waals surface area (Å²) in [5.41, 5.74) is 11.1. The van der Waals surface area contributed by atoms with Crippen LogP contribution < -0.4 is 5.32 Å². The summed E-state index contributed by atoms with van der Waals surface area (Å²) in [6.07, 6.45) is 2.25. The number of benzene rings is 6. The van der Waals surface area contributed by atoms with E-state index in [-0.39, 0.29) is 6.04 Å². The molecule has 6 aromatic rings. The van der Waals surface area contributed by atoms with Gasteiger partial charge in [0, 0.05) is 6.04 Å². The molecule has 6 aromatic carbocycles. The van der Waals surface area contributed by atoms with Gasteiger partial charge in [-0.1, -0.05) is 164 Å². The molecule has 7 rings (SSSR count). The Labute approximate surface area is 249 Å². The molecule has 1 saturated heterocycles. The van der Waals surface area contributed by atoms with Gasteiger partial charge in [0.1, 0.15) is 0 Å². The van der Waals surface area contributed by atoms with Gasteiger partial charge < -0.3 is 5.32 Å². The lowest BCUT2D eigenvalue weighted by Crippen LogP contribution is -2.48. The minimum atomic E-state index is -0.470. The van der Waals surface area contributed by atoms with Crippen molar-refractivity contribution < 1.29 is 0 Å². The van der Waals surface area contributed by atoms with Crippen LogP contribution in [0, 0.1) is 0 Å². The van der Waals surface area contributed by atoms with Crippen LogP contribution in [-0.2, 0) is 5.41 Å². The Balaban J connectivity index is 1.65. The molecular formula is C41H35N. The van der Waals surface area contributed by atoms with Gasteiger partial charge in [0.15, 0.2) is 0 Å². The van der Waals surface area contributed by atoms with E-state index in [1.54, 1.807) is 0 Å². The molecule has 0 spiro atoms. The van der Waals surface area contributed by atoms with E-state index in [0.717, 1.165) is 19.4 Å². The van der Waals surface area contributed by atoms with Gasteiger partial charge in [0.25, 0.3) is 0 Å². The Morgan fingerprint density at radius 2 is 0.738 bits per heavy atom. The Kier molecular flexibility index (Phi) is 7.26. The topological polar surface area (TPSA) is 12.0 Å². The molecule has 1 atom stereocenters. The van der Waals surface area contributed by atoms with Crippen molar-refractivity contribution >= 4 is 0 Å². The highest BCUT2D eigenvalue weighted by Gasteiger charge is 2.48. The fourth-order valence-electron chi connectivity index (χ4n) is 7.14. The summed E-state index contributed by atoms with van der Waals surface area (Å²) in [5, 5.41) is 4.03. The maximum absolute atomic E-state index is 4.03. The maximum atomic E-state index is 4.03. The van der Waals surface area contributed by atoms with E-state index >= 15 is 0 Å². The second-order valence-electron chi connectivity index (χ2n) is 11.2. The predicted molar refractivity (Wildman–Crippen MR) is 177 cm³/mol. The lowest BCUT2D eigenvalue weighted by Gasteiger charge is -2.44. The Bertz CT molecular complexity index is 1570. The van der Waals surface area contributed by atoms with Crippen LogP contribution >= 0.6 is 0 Å². The van der Waals surface area contributed by atoms with Crippen molar-refractivity contribution in [1.29, 1.82) is 0 Å². The minimum Gasteiger partial charge on any atom is -0.312 e. The lowest BCUT2D eigenvalue weighted by atomic mass is 9.60. The predicted octanol–water partition coefficient (Wildman–Crippen LogP) is 9.77. The highest BCUT2D eigenvalue weighted by Crippen LogP contribution is 2.52. The van der Waals surface area contributed by atoms with Gasteiger partial charge in [0.2, 0.25) is 0 Å². The third-order valence-electron chi connectivity index (χ3n) is 8.89. The summed E-state index contributed by atoms with van der Waals surface area (Å²) in [4.78, 5) is 0. The first kappa shape index (κ1) is 26.2. The van der Waals surface area contributed by atoms with Crippen LogP contribution in [-0.4, -0.2) is 12.6 Å². The third-order valence-corrected chi connectivity index (χ3v) is 8.89. The summed E-state index contributed by atoms with van der Waals surface area (Å²) in [5.74, 6) is 0. The average molecular weight is 542 g/mol. The molecule has 204 valence electrons. The number of nitrogens with one attached hydrogen (secondary N) is 1. The average Bonchev–Trinajstić information content (AvgIpc) is 3.63. The second kappa shape index (κ2) is 11.6. The molecule has 1 unspecified atom stereocenters. The molecule has 1 aliphatic heterocycles. The molecule has 0 amide bonds. The van der Waals surface area contributed by atoms with E-state index in [1.807, 2.05) is 0 Å². The Hall–Kier alpha value is -4.72. The smallest absolute Gasteiger partial charge is 0.0622 e. The fraction of sp³-hybridized carbons (Fsp3) is 0.122. The van der Waals surface area contributed by atoms with E-state index in [0.29, 0.717) is 0 Å². The van der Waals surface area contributed by atoms with E-state index in [2.05, 4.69) is 169 Å². The van der Waals surface area contributed by atoms with Crippen molar-refractivity contribution in [2.45, 2.75) is 24.3 Å². The van der Waals surface area contributed by atoms with Crippen LogP contribution in [0.3, 0.4) is 0 Å². The molecule has 0 radical (unpaired) electrons. The van der Waals surface area contributed by atoms with E-state index in [4.69, 9.17) is 0 Å². The normalized spacial score (nSPS) is 15.0. The summed E-state index contributed by atoms with van der Waals surface area (Å²) in [7, 11) is 0. The van der Waals surface area contributed by atoms with Crippen molar-refractivity contribution in [3.8, 4) is 33.4 Å². The van der Waals surface area contributed by atoms with Gasteiger partial charge in [-0.05, 0) is 69.5 Å². The van der Waals surface area contributed by atoms with Crippen molar-refractivity contribution in [3.05, 3.63) is 180 Å². The number of rotatable bonds is 7. The van der Waals surface area contributed by atoms with Crippen molar-refractivity contribution in [2.75, 3.05) is 6.54 Å². The molecule has 1 N–H and O–H groups in total. The van der Waals surface area contributed by atoms with Crippen LogP contribution in [0.25, 0.3) is 33.4 Å². The van der Waals surface area contributed by atoms with Crippen LogP contribution in [0.15, 0.2) is 164 Å². The standard InChI is InChI=1S/C41H35N/c1-4-17-31(18-5-1)34-23-10-13-26-37(34)41(40-29-16-30-42-40,38-27-14-11-24-35(38)32-19-6-2-7-20-32)39-28-15-12-25-36(39)33-21-8-3-9-22-33/h1-15,17-28,40,42H,16,29-30H2. The quantitative estimate of drug-likeness (QED) is 0.198. The molecule has 1 nitrogen and oxygen atoms in total. The van der Waals surface area contributed by atoms with Crippen LogP contribution in [0.1, 0.15) is 29.5 Å². The molecule has 0 aliphatic carbocycles. The van der Waals surface area contributed by atoms with E-state index < -0.39 is 5.41 Å². The first-order valence-corrected chi connectivity index (χ1v) is 15.1. The summed E-state index contributed by atoms with van der Waals surface area (Å²) >= 11 is 0. The molecular weight excluding hydrogens is 506 g/mol. The van der Waals surface area contributed by atoms with Crippen LogP contribution in [0.5, 0.6) is 0 Å². The fourth-order valence-corrected chi connectivity index (χ4v) is 7.14.